The Kier molecular flexibility index (Phi) is 14.8. The molecule has 0 amide bonds. The van der Waals surface area contributed by atoms with Crippen molar-refractivity contribution in [3.63, 3.8) is 0 Å². The molecular formula is C46H59F2Na2O13P. The summed E-state index contributed by atoms with van der Waals surface area (Å²) in [6.07, 6.45) is 7.59. The van der Waals surface area contributed by atoms with E-state index in [-0.39, 0.29) is 108 Å². The third kappa shape index (κ3) is 7.37. The monoisotopic (exact) mass is 934 g/mol. The van der Waals surface area contributed by atoms with Crippen LogP contribution in [0.1, 0.15) is 106 Å². The molecule has 0 spiro atoms. The first-order valence-electron chi connectivity index (χ1n) is 21.7. The van der Waals surface area contributed by atoms with E-state index in [9.17, 15) is 58.8 Å². The first kappa shape index (κ1) is 54.1. The molecule has 6 saturated carbocycles. The molecule has 18 heteroatoms. The summed E-state index contributed by atoms with van der Waals surface area (Å²) in [6.45, 7) is 10.4. The van der Waals surface area contributed by atoms with Gasteiger partial charge in [-0.15, -0.1) is 0 Å². The number of fused-ring (bicyclic) bond motifs is 10. The Morgan fingerprint density at radius 2 is 1.11 bits per heavy atom. The Morgan fingerprint density at radius 3 is 1.47 bits per heavy atom. The fourth-order valence-corrected chi connectivity index (χ4v) is 15.2. The zero-order valence-corrected chi connectivity index (χ0v) is 43.2. The Bertz CT molecular complexity index is 2180. The first-order chi connectivity index (χ1) is 28.4. The second-order valence-corrected chi connectivity index (χ2v) is 21.9. The van der Waals surface area contributed by atoms with Gasteiger partial charge in [-0.25, -0.2) is 8.78 Å². The van der Waals surface area contributed by atoms with Crippen LogP contribution in [0.15, 0.2) is 47.6 Å². The number of phosphoric acid groups is 1. The van der Waals surface area contributed by atoms with Gasteiger partial charge in [-0.05, 0) is 120 Å². The molecule has 0 aromatic carbocycles. The average Bonchev–Trinajstić information content (AvgIpc) is 3.50. The molecule has 8 rings (SSSR count). The Hall–Kier alpha value is -0.880. The van der Waals surface area contributed by atoms with Crippen molar-refractivity contribution in [2.45, 2.75) is 141 Å². The van der Waals surface area contributed by atoms with Crippen LogP contribution in [0.5, 0.6) is 0 Å². The fraction of sp³-hybridized carbons (Fsp3) is 0.717. The number of aliphatic hydroxyl groups excluding tert-OH is 2. The van der Waals surface area contributed by atoms with Crippen LogP contribution in [-0.2, 0) is 33.1 Å². The van der Waals surface area contributed by atoms with Gasteiger partial charge in [0.2, 0.25) is 0 Å². The van der Waals surface area contributed by atoms with E-state index < -0.39 is 112 Å². The molecule has 64 heavy (non-hydrogen) atoms. The molecule has 0 aromatic rings. The molecule has 6 fully saturated rings. The number of halogens is 2. The van der Waals surface area contributed by atoms with Gasteiger partial charge in [0.25, 0.3) is 0 Å². The van der Waals surface area contributed by atoms with Crippen molar-refractivity contribution in [2.75, 3.05) is 6.61 Å². The Labute approximate surface area is 417 Å². The second kappa shape index (κ2) is 17.5. The smallest absolute Gasteiger partial charge is 0.790 e. The van der Waals surface area contributed by atoms with Gasteiger partial charge in [-0.2, -0.15) is 0 Å². The molecule has 0 radical (unpaired) electrons. The van der Waals surface area contributed by atoms with E-state index in [4.69, 9.17) is 0 Å². The largest absolute Gasteiger partial charge is 1.00 e. The van der Waals surface area contributed by atoms with Crippen LogP contribution in [0.3, 0.4) is 0 Å². The first-order valence-corrected chi connectivity index (χ1v) is 23.2. The number of alkyl halides is 2. The summed E-state index contributed by atoms with van der Waals surface area (Å²) in [5, 5.41) is 45.6. The molecule has 0 heterocycles. The molecule has 8 aliphatic rings. The maximum Gasteiger partial charge on any atom is 1.00 e. The number of hydrogen-bond donors (Lipinski definition) is 4. The van der Waals surface area contributed by atoms with Gasteiger partial charge in [0.05, 0.1) is 26.5 Å². The van der Waals surface area contributed by atoms with Crippen LogP contribution >= 0.6 is 7.82 Å². The summed E-state index contributed by atoms with van der Waals surface area (Å²) in [6, 6.07) is 0. The predicted octanol–water partition coefficient (Wildman–Crippen LogP) is -2.36. The van der Waals surface area contributed by atoms with Gasteiger partial charge in [0.1, 0.15) is 23.6 Å². The van der Waals surface area contributed by atoms with E-state index in [1.807, 2.05) is 0 Å². The molecule has 0 aromatic heterocycles. The van der Waals surface area contributed by atoms with Gasteiger partial charge in [-0.3, -0.25) is 24.0 Å². The van der Waals surface area contributed by atoms with Crippen molar-refractivity contribution in [1.29, 1.82) is 0 Å². The third-order valence-corrected chi connectivity index (χ3v) is 18.5. The SMILES string of the molecule is CC(=O)CC(=O)[C@@]1(O)[C@@H](C)C[C@H]2[C@@H]3CCC4=CC(=O)C=C[C@]4(C)[C@@]3(F)[C@@H](O)C[C@@]21C.C[C@H]1C[C@H]2[C@@H]3CCC4=CC(=O)C=C[C@]4(C)[C@@]3(F)[C@@H](O)C[C@]2(C)[C@@]1(O)C(=O)COP(=O)([O-])[O-].[Na+].[Na+]. The minimum absolute atomic E-state index is 0. The Balaban J connectivity index is 0.000000234. The molecule has 4 N–H and O–H groups in total. The van der Waals surface area contributed by atoms with Gasteiger partial charge in [0, 0.05) is 33.5 Å². The summed E-state index contributed by atoms with van der Waals surface area (Å²) in [5.74, 6) is -5.39. The van der Waals surface area contributed by atoms with E-state index >= 15 is 8.78 Å². The summed E-state index contributed by atoms with van der Waals surface area (Å²) in [7, 11) is -5.43. The number of hydrogen-bond acceptors (Lipinski definition) is 13. The zero-order chi connectivity index (χ0) is 46.2. The number of phosphoric ester groups is 1. The summed E-state index contributed by atoms with van der Waals surface area (Å²) in [5.41, 5.74) is -11.2. The Morgan fingerprint density at radius 1 is 0.734 bits per heavy atom. The van der Waals surface area contributed by atoms with Crippen molar-refractivity contribution in [2.24, 2.45) is 57.2 Å². The number of carbonyl (C=O) groups excluding carboxylic acids is 5. The molecule has 0 saturated heterocycles. The fourth-order valence-electron chi connectivity index (χ4n) is 14.9. The molecule has 0 aliphatic heterocycles. The summed E-state index contributed by atoms with van der Waals surface area (Å²) >= 11 is 0. The van der Waals surface area contributed by atoms with Gasteiger partial charge < -0.3 is 39.3 Å². The van der Waals surface area contributed by atoms with Crippen LogP contribution in [0.2, 0.25) is 0 Å². The van der Waals surface area contributed by atoms with Crippen LogP contribution in [0.4, 0.5) is 8.78 Å². The average molecular weight is 935 g/mol. The van der Waals surface area contributed by atoms with E-state index in [1.54, 1.807) is 47.6 Å². The van der Waals surface area contributed by atoms with Crippen LogP contribution in [0, 0.1) is 57.2 Å². The number of ketones is 5. The minimum atomic E-state index is -5.43. The minimum Gasteiger partial charge on any atom is -0.790 e. The molecule has 8 aliphatic carbocycles. The number of rotatable bonds is 7. The molecular weight excluding hydrogens is 875 g/mol. The number of carbonyl (C=O) groups is 5. The number of Topliss-reactive ketones (excluding diaryl/α,β-unsaturated/α-hetero) is 3. The van der Waals surface area contributed by atoms with Gasteiger partial charge in [-0.1, -0.05) is 51.0 Å². The van der Waals surface area contributed by atoms with E-state index in [0.717, 1.165) is 0 Å². The van der Waals surface area contributed by atoms with Crippen LogP contribution in [0.25, 0.3) is 0 Å². The van der Waals surface area contributed by atoms with Crippen molar-refractivity contribution >= 4 is 36.7 Å². The number of allylic oxidation sites excluding steroid dienone is 8. The van der Waals surface area contributed by atoms with Crippen molar-refractivity contribution < 1.29 is 131 Å². The molecule has 13 nitrogen and oxygen atoms in total. The summed E-state index contributed by atoms with van der Waals surface area (Å²) < 4.78 is 49.0. The van der Waals surface area contributed by atoms with Crippen molar-refractivity contribution in [3.05, 3.63) is 47.6 Å². The second-order valence-electron chi connectivity index (χ2n) is 20.8. The van der Waals surface area contributed by atoms with E-state index in [2.05, 4.69) is 4.52 Å². The van der Waals surface area contributed by atoms with E-state index in [1.165, 1.54) is 37.3 Å². The maximum atomic E-state index is 17.0. The quantitative estimate of drug-likeness (QED) is 0.119. The molecule has 342 valence electrons. The van der Waals surface area contributed by atoms with Crippen molar-refractivity contribution in [3.8, 4) is 0 Å². The molecule has 0 unspecified atom stereocenters. The third-order valence-electron chi connectivity index (χ3n) is 18.1. The van der Waals surface area contributed by atoms with Crippen LogP contribution in [-0.4, -0.2) is 90.7 Å². The number of aliphatic hydroxyl groups is 4. The van der Waals surface area contributed by atoms with Gasteiger partial charge >= 0.3 is 59.1 Å². The molecule has 16 atom stereocenters. The van der Waals surface area contributed by atoms with E-state index in [0.29, 0.717) is 43.3 Å². The van der Waals surface area contributed by atoms with Gasteiger partial charge in [0.15, 0.2) is 34.5 Å². The predicted molar refractivity (Wildman–Crippen MR) is 215 cm³/mol. The normalized spacial score (nSPS) is 47.3. The summed E-state index contributed by atoms with van der Waals surface area (Å²) in [4.78, 5) is 83.1. The zero-order valence-electron chi connectivity index (χ0n) is 38.3. The topological polar surface area (TPSA) is 239 Å². The van der Waals surface area contributed by atoms with Crippen molar-refractivity contribution in [1.82, 2.24) is 0 Å². The van der Waals surface area contributed by atoms with Crippen LogP contribution < -0.4 is 68.9 Å². The standard InChI is InChI=1S/C24H31FO5.C22H30FO8P.2Na/c1-13-9-18-17-6-5-15-11-16(27)7-8-21(15,3)23(17,25)20(29)12-22(18,4)24(13,30)19(28)10-14(2)26;1-12-8-16-15-5-4-13-9-14(24)6-7-19(13,2)21(15,23)17(25)10-20(16,3)22(12,27)18(26)11-31-32(28,29)30;;/h7-8,11,13,17-18,20,29-30H,5-6,9-10,12H2,1-4H3;6-7,9,12,15-17,25,27H,4-5,8,10-11H2,1-3H3,(H2,28,29,30);;/q;;2*+1/p-2/t13-,17-,18-,20-,21-,22-,23-,24-;12-,15-,16-,17-,19-,20-,21-,22-;;/m00../s1. The maximum absolute atomic E-state index is 17.0. The molecule has 0 bridgehead atoms.